The first-order chi connectivity index (χ1) is 7.86. The van der Waals surface area contributed by atoms with Crippen molar-refractivity contribution in [3.05, 3.63) is 46.6 Å². The number of nitrogens with zero attached hydrogens (tertiary/aromatic N) is 5. The summed E-state index contributed by atoms with van der Waals surface area (Å²) in [5.41, 5.74) is 0.777. The number of rotatable bonds is 4. The van der Waals surface area contributed by atoms with Gasteiger partial charge >= 0.3 is 0 Å². The van der Waals surface area contributed by atoms with E-state index in [0.717, 1.165) is 5.56 Å². The lowest BCUT2D eigenvalue weighted by molar-refractivity contribution is 0.503. The highest BCUT2D eigenvalue weighted by Crippen LogP contribution is 2.19. The molecule has 1 atom stereocenters. The van der Waals surface area contributed by atoms with Crippen LogP contribution in [0.25, 0.3) is 0 Å². The van der Waals surface area contributed by atoms with Gasteiger partial charge in [0.05, 0.1) is 0 Å². The van der Waals surface area contributed by atoms with E-state index in [0.29, 0.717) is 12.2 Å². The molecule has 2 aromatic rings. The lowest BCUT2D eigenvalue weighted by Gasteiger charge is -2.10. The van der Waals surface area contributed by atoms with Crippen LogP contribution in [0.2, 0.25) is 0 Å². The molecule has 0 N–H and O–H groups in total. The minimum absolute atomic E-state index is 0.647. The van der Waals surface area contributed by atoms with E-state index in [2.05, 4.69) is 20.7 Å². The first kappa shape index (κ1) is 10.4. The summed E-state index contributed by atoms with van der Waals surface area (Å²) < 4.78 is 1.45. The number of nitroso groups, excluding NO2 is 1. The van der Waals surface area contributed by atoms with Crippen molar-refractivity contribution in [2.45, 2.75) is 19.5 Å². The highest BCUT2D eigenvalue weighted by Gasteiger charge is 2.18. The van der Waals surface area contributed by atoms with E-state index in [1.165, 1.54) is 4.68 Å². The third-order valence-corrected chi connectivity index (χ3v) is 2.31. The van der Waals surface area contributed by atoms with Crippen LogP contribution in [0.4, 0.5) is 0 Å². The number of hydrogen-bond donors (Lipinski definition) is 0. The van der Waals surface area contributed by atoms with Crippen molar-refractivity contribution >= 4 is 0 Å². The Hall–Kier alpha value is -2.11. The quantitative estimate of drug-likeness (QED) is 0.728. The smallest absolute Gasteiger partial charge is 0.197 e. The fourth-order valence-electron chi connectivity index (χ4n) is 1.51. The van der Waals surface area contributed by atoms with Gasteiger partial charge in [-0.1, -0.05) is 37.3 Å². The van der Waals surface area contributed by atoms with Crippen LogP contribution in [0.1, 0.15) is 24.5 Å². The van der Waals surface area contributed by atoms with E-state index < -0.39 is 6.17 Å². The minimum atomic E-state index is -0.689. The zero-order valence-corrected chi connectivity index (χ0v) is 8.82. The molecule has 1 heterocycles. The molecule has 0 saturated heterocycles. The lowest BCUT2D eigenvalue weighted by atomic mass is 10.2. The summed E-state index contributed by atoms with van der Waals surface area (Å²) in [6.07, 6.45) is -0.0302. The Morgan fingerprint density at radius 2 is 2.12 bits per heavy atom. The summed E-state index contributed by atoms with van der Waals surface area (Å²) in [7, 11) is 0. The van der Waals surface area contributed by atoms with Crippen LogP contribution in [0.3, 0.4) is 0 Å². The molecule has 0 aliphatic rings. The summed E-state index contributed by atoms with van der Waals surface area (Å²) in [6.45, 7) is 1.93. The number of tetrazole rings is 1. The summed E-state index contributed by atoms with van der Waals surface area (Å²) in [5.74, 6) is 0.647. The average Bonchev–Trinajstić information content (AvgIpc) is 2.80. The van der Waals surface area contributed by atoms with Crippen LogP contribution in [0.5, 0.6) is 0 Å². The van der Waals surface area contributed by atoms with Crippen molar-refractivity contribution in [3.63, 3.8) is 0 Å². The predicted molar refractivity (Wildman–Crippen MR) is 57.6 cm³/mol. The van der Waals surface area contributed by atoms with Crippen molar-refractivity contribution in [1.82, 2.24) is 20.2 Å². The second kappa shape index (κ2) is 4.61. The predicted octanol–water partition coefficient (Wildman–Crippen LogP) is 1.55. The van der Waals surface area contributed by atoms with Crippen molar-refractivity contribution in [2.24, 2.45) is 5.18 Å². The Kier molecular flexibility index (Phi) is 3.00. The van der Waals surface area contributed by atoms with Gasteiger partial charge in [-0.25, -0.2) is 0 Å². The number of aryl methyl sites for hydroxylation is 1. The molecule has 0 radical (unpaired) electrons. The molecule has 0 saturated carbocycles. The van der Waals surface area contributed by atoms with E-state index in [1.54, 1.807) is 0 Å². The number of benzene rings is 1. The molecule has 0 fully saturated rings. The van der Waals surface area contributed by atoms with Gasteiger partial charge in [0.25, 0.3) is 0 Å². The Balaban J connectivity index is 2.41. The Labute approximate surface area is 92.3 Å². The highest BCUT2D eigenvalue weighted by molar-refractivity contribution is 5.19. The van der Waals surface area contributed by atoms with Gasteiger partial charge in [0.1, 0.15) is 0 Å². The van der Waals surface area contributed by atoms with Crippen LogP contribution >= 0.6 is 0 Å². The molecule has 2 rings (SSSR count). The normalized spacial score (nSPS) is 12.3. The molecule has 1 unspecified atom stereocenters. The lowest BCUT2D eigenvalue weighted by Crippen LogP contribution is -2.12. The zero-order valence-electron chi connectivity index (χ0n) is 8.82. The molecule has 6 heteroatoms. The summed E-state index contributed by atoms with van der Waals surface area (Å²) in [4.78, 5) is 10.9. The maximum atomic E-state index is 10.9. The zero-order chi connectivity index (χ0) is 11.4. The van der Waals surface area contributed by atoms with Gasteiger partial charge in [-0.15, -0.1) is 10.0 Å². The van der Waals surface area contributed by atoms with Gasteiger partial charge in [0, 0.05) is 12.0 Å². The third kappa shape index (κ3) is 1.81. The van der Waals surface area contributed by atoms with Gasteiger partial charge < -0.3 is 0 Å². The topological polar surface area (TPSA) is 73.0 Å². The maximum Gasteiger partial charge on any atom is 0.212 e. The molecule has 1 aromatic heterocycles. The molecule has 82 valence electrons. The van der Waals surface area contributed by atoms with E-state index in [9.17, 15) is 4.91 Å². The summed E-state index contributed by atoms with van der Waals surface area (Å²) in [5, 5.41) is 14.3. The fraction of sp³-hybridized carbons (Fsp3) is 0.300. The van der Waals surface area contributed by atoms with Gasteiger partial charge in [-0.3, -0.25) is 0 Å². The second-order valence-corrected chi connectivity index (χ2v) is 3.28. The van der Waals surface area contributed by atoms with Gasteiger partial charge in [0.15, 0.2) is 5.82 Å². The summed E-state index contributed by atoms with van der Waals surface area (Å²) in [6, 6.07) is 9.24. The Morgan fingerprint density at radius 1 is 1.38 bits per heavy atom. The van der Waals surface area contributed by atoms with Crippen molar-refractivity contribution in [3.8, 4) is 0 Å². The molecule has 0 aliphatic heterocycles. The van der Waals surface area contributed by atoms with E-state index in [-0.39, 0.29) is 0 Å². The van der Waals surface area contributed by atoms with E-state index in [1.807, 2.05) is 37.3 Å². The van der Waals surface area contributed by atoms with Crippen molar-refractivity contribution in [1.29, 1.82) is 0 Å². The van der Waals surface area contributed by atoms with E-state index >= 15 is 0 Å². The first-order valence-corrected chi connectivity index (χ1v) is 5.01. The monoisotopic (exact) mass is 217 g/mol. The first-order valence-electron chi connectivity index (χ1n) is 5.01. The van der Waals surface area contributed by atoms with Gasteiger partial charge in [0.2, 0.25) is 6.17 Å². The Bertz CT molecular complexity index is 467. The van der Waals surface area contributed by atoms with E-state index in [4.69, 9.17) is 0 Å². The maximum absolute atomic E-state index is 10.9. The molecule has 1 aromatic carbocycles. The molecular weight excluding hydrogens is 206 g/mol. The SMILES string of the molecule is CCc1nnnn1C(N=O)c1ccccc1. The molecule has 0 bridgehead atoms. The minimum Gasteiger partial charge on any atom is -0.197 e. The Morgan fingerprint density at radius 3 is 2.75 bits per heavy atom. The molecule has 0 spiro atoms. The van der Waals surface area contributed by atoms with Crippen LogP contribution in [0.15, 0.2) is 35.5 Å². The third-order valence-electron chi connectivity index (χ3n) is 2.31. The van der Waals surface area contributed by atoms with Crippen LogP contribution in [0, 0.1) is 4.91 Å². The standard InChI is InChI=1S/C10H11N5O/c1-2-9-11-13-14-15(9)10(12-16)8-6-4-3-5-7-8/h3-7,10H,2H2,1H3. The van der Waals surface area contributed by atoms with Crippen LogP contribution in [-0.2, 0) is 6.42 Å². The second-order valence-electron chi connectivity index (χ2n) is 3.28. The van der Waals surface area contributed by atoms with Crippen LogP contribution in [-0.4, -0.2) is 20.2 Å². The summed E-state index contributed by atoms with van der Waals surface area (Å²) >= 11 is 0. The van der Waals surface area contributed by atoms with Crippen LogP contribution < -0.4 is 0 Å². The molecule has 16 heavy (non-hydrogen) atoms. The largest absolute Gasteiger partial charge is 0.212 e. The fourth-order valence-corrected chi connectivity index (χ4v) is 1.51. The molecular formula is C10H11N5O. The number of hydrogen-bond acceptors (Lipinski definition) is 5. The molecule has 0 aliphatic carbocycles. The molecule has 0 amide bonds. The van der Waals surface area contributed by atoms with Crippen molar-refractivity contribution in [2.75, 3.05) is 0 Å². The number of aromatic nitrogens is 4. The highest BCUT2D eigenvalue weighted by atomic mass is 16.3. The van der Waals surface area contributed by atoms with Gasteiger partial charge in [-0.2, -0.15) is 4.68 Å². The average molecular weight is 217 g/mol. The molecule has 6 nitrogen and oxygen atoms in total. The van der Waals surface area contributed by atoms with Gasteiger partial charge in [-0.05, 0) is 15.6 Å². The van der Waals surface area contributed by atoms with Crippen molar-refractivity contribution < 1.29 is 0 Å².